The molecule has 6 heteroatoms. The first-order chi connectivity index (χ1) is 9.25. The molecule has 20 heavy (non-hydrogen) atoms. The number of carbonyl (C=O) groups is 1. The Morgan fingerprint density at radius 1 is 1.25 bits per heavy atom. The van der Waals surface area contributed by atoms with Gasteiger partial charge in [0.1, 0.15) is 5.15 Å². The van der Waals surface area contributed by atoms with Crippen LogP contribution in [0.15, 0.2) is 18.2 Å². The topological polar surface area (TPSA) is 48.4 Å². The molecule has 0 amide bonds. The first-order valence-corrected chi connectivity index (χ1v) is 6.77. The Morgan fingerprint density at radius 3 is 2.40 bits per heavy atom. The van der Waals surface area contributed by atoms with Crippen molar-refractivity contribution in [1.82, 2.24) is 4.98 Å². The van der Waals surface area contributed by atoms with Gasteiger partial charge in [-0.1, -0.05) is 23.7 Å². The number of pyridine rings is 1. The van der Waals surface area contributed by atoms with Crippen LogP contribution >= 0.6 is 11.6 Å². The van der Waals surface area contributed by atoms with Gasteiger partial charge in [0.25, 0.3) is 0 Å². The van der Waals surface area contributed by atoms with Crippen LogP contribution in [0.25, 0.3) is 6.08 Å². The van der Waals surface area contributed by atoms with E-state index in [2.05, 4.69) is 4.98 Å². The predicted octanol–water partition coefficient (Wildman–Crippen LogP) is 3.19. The molecule has 0 N–H and O–H groups in total. The van der Waals surface area contributed by atoms with E-state index in [1.807, 2.05) is 27.7 Å². The highest BCUT2D eigenvalue weighted by molar-refractivity contribution is 6.52. The molecule has 0 radical (unpaired) electrons. The summed E-state index contributed by atoms with van der Waals surface area (Å²) in [4.78, 5) is 14.8. The number of rotatable bonds is 3. The van der Waals surface area contributed by atoms with Crippen molar-refractivity contribution in [3.63, 3.8) is 0 Å². The standard InChI is InChI=1S/C14H17BClNO3/c1-13(2)14(3,4)20-15(19-13)6-5-10-7-11(9-18)12(16)17-8-10/h5-9H,1-4H3/b6-5+. The molecule has 0 spiro atoms. The van der Waals surface area contributed by atoms with Crippen LogP contribution in [0, 0.1) is 0 Å². The minimum absolute atomic E-state index is 0.202. The lowest BCUT2D eigenvalue weighted by Crippen LogP contribution is -2.41. The highest BCUT2D eigenvalue weighted by Crippen LogP contribution is 2.37. The molecular formula is C14H17BClNO3. The molecule has 2 heterocycles. The van der Waals surface area contributed by atoms with Crippen molar-refractivity contribution in [2.75, 3.05) is 0 Å². The lowest BCUT2D eigenvalue weighted by molar-refractivity contribution is 0.00578. The van der Waals surface area contributed by atoms with E-state index in [1.165, 1.54) is 0 Å². The average Bonchev–Trinajstić information content (AvgIpc) is 2.57. The van der Waals surface area contributed by atoms with Gasteiger partial charge in [0, 0.05) is 6.20 Å². The number of aldehydes is 1. The van der Waals surface area contributed by atoms with Gasteiger partial charge in [-0.05, 0) is 39.3 Å². The summed E-state index contributed by atoms with van der Waals surface area (Å²) in [5.74, 6) is 1.80. The predicted molar refractivity (Wildman–Crippen MR) is 79.8 cm³/mol. The van der Waals surface area contributed by atoms with Crippen LogP contribution in [0.5, 0.6) is 0 Å². The van der Waals surface area contributed by atoms with E-state index in [1.54, 1.807) is 24.3 Å². The average molecular weight is 294 g/mol. The van der Waals surface area contributed by atoms with Gasteiger partial charge in [0.05, 0.1) is 16.8 Å². The van der Waals surface area contributed by atoms with E-state index in [9.17, 15) is 4.79 Å². The third-order valence-corrected chi connectivity index (χ3v) is 4.05. The summed E-state index contributed by atoms with van der Waals surface area (Å²) in [7, 11) is -0.421. The second-order valence-electron chi connectivity index (χ2n) is 5.75. The number of hydrogen-bond donors (Lipinski definition) is 0. The summed E-state index contributed by atoms with van der Waals surface area (Å²) in [6.07, 6.45) is 4.08. The molecule has 1 saturated heterocycles. The molecule has 0 saturated carbocycles. The van der Waals surface area contributed by atoms with Crippen LogP contribution in [0.4, 0.5) is 0 Å². The molecule has 1 aromatic rings. The summed E-state index contributed by atoms with van der Waals surface area (Å²) >= 11 is 5.78. The van der Waals surface area contributed by atoms with Crippen molar-refractivity contribution in [1.29, 1.82) is 0 Å². The lowest BCUT2D eigenvalue weighted by Gasteiger charge is -2.32. The van der Waals surface area contributed by atoms with Crippen LogP contribution in [-0.2, 0) is 9.31 Å². The zero-order valence-electron chi connectivity index (χ0n) is 12.0. The molecule has 106 valence electrons. The highest BCUT2D eigenvalue weighted by atomic mass is 35.5. The van der Waals surface area contributed by atoms with E-state index < -0.39 is 7.12 Å². The first-order valence-electron chi connectivity index (χ1n) is 6.40. The Bertz CT molecular complexity index is 541. The Hall–Kier alpha value is -1.17. The normalized spacial score (nSPS) is 20.6. The number of aromatic nitrogens is 1. The number of hydrogen-bond acceptors (Lipinski definition) is 4. The minimum atomic E-state index is -0.421. The molecule has 1 aliphatic heterocycles. The van der Waals surface area contributed by atoms with E-state index >= 15 is 0 Å². The third-order valence-electron chi connectivity index (χ3n) is 3.73. The van der Waals surface area contributed by atoms with Crippen LogP contribution < -0.4 is 0 Å². The maximum absolute atomic E-state index is 10.8. The summed E-state index contributed by atoms with van der Waals surface area (Å²) in [6.45, 7) is 7.98. The molecular weight excluding hydrogens is 276 g/mol. The van der Waals surface area contributed by atoms with E-state index in [-0.39, 0.29) is 16.4 Å². The van der Waals surface area contributed by atoms with Gasteiger partial charge in [-0.15, -0.1) is 0 Å². The number of carbonyl (C=O) groups excluding carboxylic acids is 1. The smallest absolute Gasteiger partial charge is 0.400 e. The Labute approximate surface area is 124 Å². The fourth-order valence-corrected chi connectivity index (χ4v) is 1.96. The molecule has 1 aliphatic rings. The summed E-state index contributed by atoms with van der Waals surface area (Å²) in [6, 6.07) is 1.67. The maximum Gasteiger partial charge on any atom is 0.487 e. The van der Waals surface area contributed by atoms with Crippen molar-refractivity contribution in [3.05, 3.63) is 34.5 Å². The monoisotopic (exact) mass is 293 g/mol. The van der Waals surface area contributed by atoms with Crippen LogP contribution in [0.1, 0.15) is 43.6 Å². The zero-order valence-corrected chi connectivity index (χ0v) is 12.8. The molecule has 0 atom stereocenters. The number of nitrogens with zero attached hydrogens (tertiary/aromatic N) is 1. The van der Waals surface area contributed by atoms with E-state index in [4.69, 9.17) is 20.9 Å². The SMILES string of the molecule is CC1(C)OB(/C=C/c2cnc(Cl)c(C=O)c2)OC1(C)C. The molecule has 0 bridgehead atoms. The largest absolute Gasteiger partial charge is 0.487 e. The van der Waals surface area contributed by atoms with Gasteiger partial charge in [-0.25, -0.2) is 4.98 Å². The second-order valence-corrected chi connectivity index (χ2v) is 6.11. The van der Waals surface area contributed by atoms with Gasteiger partial charge in [0.2, 0.25) is 0 Å². The van der Waals surface area contributed by atoms with Gasteiger partial charge in [0.15, 0.2) is 6.29 Å². The molecule has 2 rings (SSSR count). The first kappa shape index (κ1) is 15.2. The Kier molecular flexibility index (Phi) is 4.05. The van der Waals surface area contributed by atoms with Crippen LogP contribution in [0.2, 0.25) is 5.15 Å². The number of halogens is 1. The zero-order chi connectivity index (χ0) is 15.0. The van der Waals surface area contributed by atoms with Gasteiger partial charge < -0.3 is 9.31 Å². The molecule has 1 aromatic heterocycles. The molecule has 0 aromatic carbocycles. The van der Waals surface area contributed by atoms with Crippen molar-refractivity contribution in [3.8, 4) is 0 Å². The second kappa shape index (κ2) is 5.32. The van der Waals surface area contributed by atoms with Gasteiger partial charge in [-0.3, -0.25) is 4.79 Å². The third kappa shape index (κ3) is 2.95. The fourth-order valence-electron chi connectivity index (χ4n) is 1.81. The Balaban J connectivity index is 2.13. The summed E-state index contributed by atoms with van der Waals surface area (Å²) in [5.41, 5.74) is 0.400. The van der Waals surface area contributed by atoms with Crippen molar-refractivity contribution < 1.29 is 14.1 Å². The fraction of sp³-hybridized carbons (Fsp3) is 0.429. The quantitative estimate of drug-likeness (QED) is 0.488. The summed E-state index contributed by atoms with van der Waals surface area (Å²) in [5, 5.41) is 0.202. The van der Waals surface area contributed by atoms with Crippen molar-refractivity contribution >= 4 is 31.1 Å². The van der Waals surface area contributed by atoms with Crippen LogP contribution in [-0.4, -0.2) is 29.6 Å². The van der Waals surface area contributed by atoms with E-state index in [0.717, 1.165) is 5.56 Å². The van der Waals surface area contributed by atoms with Crippen molar-refractivity contribution in [2.45, 2.75) is 38.9 Å². The van der Waals surface area contributed by atoms with Crippen LogP contribution in [0.3, 0.4) is 0 Å². The molecule has 1 fully saturated rings. The molecule has 0 unspecified atom stereocenters. The molecule has 4 nitrogen and oxygen atoms in total. The molecule has 0 aliphatic carbocycles. The lowest BCUT2D eigenvalue weighted by atomic mass is 9.89. The highest BCUT2D eigenvalue weighted by Gasteiger charge is 2.49. The van der Waals surface area contributed by atoms with E-state index in [0.29, 0.717) is 11.8 Å². The Morgan fingerprint density at radius 2 is 1.85 bits per heavy atom. The van der Waals surface area contributed by atoms with Gasteiger partial charge in [-0.2, -0.15) is 0 Å². The minimum Gasteiger partial charge on any atom is -0.400 e. The van der Waals surface area contributed by atoms with Gasteiger partial charge >= 0.3 is 7.12 Å². The maximum atomic E-state index is 10.8. The van der Waals surface area contributed by atoms with Crippen molar-refractivity contribution in [2.24, 2.45) is 0 Å². The summed E-state index contributed by atoms with van der Waals surface area (Å²) < 4.78 is 11.7.